The molecular formula is C21H20O2. The molecule has 0 atom stereocenters. The topological polar surface area (TPSA) is 18.5 Å². The molecule has 0 amide bonds. The number of hydrogen-bond donors (Lipinski definition) is 0. The van der Waals surface area contributed by atoms with Crippen molar-refractivity contribution in [2.45, 2.75) is 37.5 Å². The van der Waals surface area contributed by atoms with Gasteiger partial charge in [0.2, 0.25) is 6.79 Å². The highest BCUT2D eigenvalue weighted by molar-refractivity contribution is 5.50. The standard InChI is InChI=1S/C21H20O2/c1-3-7-17(8-4-1)11-14-21(12-5-2-6-13-21)18-9-10-19-20(15-18)23-16-22-19/h1,3-4,7-10,15H,2,5-6,12-13,16H2. The molecule has 0 N–H and O–H groups in total. The van der Waals surface area contributed by atoms with E-state index in [9.17, 15) is 0 Å². The van der Waals surface area contributed by atoms with Crippen molar-refractivity contribution >= 4 is 0 Å². The summed E-state index contributed by atoms with van der Waals surface area (Å²) in [5.74, 6) is 8.71. The lowest BCUT2D eigenvalue weighted by Gasteiger charge is -2.33. The Morgan fingerprint density at radius 1 is 0.826 bits per heavy atom. The smallest absolute Gasteiger partial charge is 0.231 e. The largest absolute Gasteiger partial charge is 0.454 e. The Bertz CT molecular complexity index is 746. The zero-order valence-electron chi connectivity index (χ0n) is 13.2. The third-order valence-electron chi connectivity index (χ3n) is 4.85. The van der Waals surface area contributed by atoms with Crippen LogP contribution in [-0.4, -0.2) is 6.79 Å². The average Bonchev–Trinajstić information content (AvgIpc) is 3.09. The van der Waals surface area contributed by atoms with Crippen LogP contribution in [0.15, 0.2) is 48.5 Å². The van der Waals surface area contributed by atoms with E-state index in [2.05, 4.69) is 36.1 Å². The fourth-order valence-electron chi connectivity index (χ4n) is 3.55. The first-order chi connectivity index (χ1) is 11.4. The van der Waals surface area contributed by atoms with E-state index in [4.69, 9.17) is 9.47 Å². The van der Waals surface area contributed by atoms with Crippen molar-refractivity contribution < 1.29 is 9.47 Å². The first-order valence-electron chi connectivity index (χ1n) is 8.34. The van der Waals surface area contributed by atoms with Crippen molar-refractivity contribution in [3.63, 3.8) is 0 Å². The van der Waals surface area contributed by atoms with Crippen molar-refractivity contribution in [1.82, 2.24) is 0 Å². The molecule has 4 rings (SSSR count). The zero-order chi connectivity index (χ0) is 15.5. The molecule has 0 unspecified atom stereocenters. The van der Waals surface area contributed by atoms with E-state index in [1.165, 1.54) is 24.8 Å². The lowest BCUT2D eigenvalue weighted by molar-refractivity contribution is 0.174. The number of hydrogen-bond acceptors (Lipinski definition) is 2. The van der Waals surface area contributed by atoms with Crippen LogP contribution in [0.1, 0.15) is 43.2 Å². The van der Waals surface area contributed by atoms with Crippen LogP contribution in [0.3, 0.4) is 0 Å². The van der Waals surface area contributed by atoms with Crippen molar-refractivity contribution in [2.24, 2.45) is 0 Å². The van der Waals surface area contributed by atoms with Crippen LogP contribution in [0.25, 0.3) is 0 Å². The molecule has 1 fully saturated rings. The molecule has 0 aromatic heterocycles. The molecule has 1 heterocycles. The summed E-state index contributed by atoms with van der Waals surface area (Å²) in [5, 5.41) is 0. The van der Waals surface area contributed by atoms with Gasteiger partial charge in [0.15, 0.2) is 11.5 Å². The molecular weight excluding hydrogens is 284 g/mol. The van der Waals surface area contributed by atoms with E-state index in [-0.39, 0.29) is 5.41 Å². The summed E-state index contributed by atoms with van der Waals surface area (Å²) >= 11 is 0. The first-order valence-corrected chi connectivity index (χ1v) is 8.34. The van der Waals surface area contributed by atoms with Gasteiger partial charge in [0, 0.05) is 5.56 Å². The van der Waals surface area contributed by atoms with Crippen LogP contribution in [0.4, 0.5) is 0 Å². The fraction of sp³-hybridized carbons (Fsp3) is 0.333. The molecule has 2 aromatic carbocycles. The molecule has 23 heavy (non-hydrogen) atoms. The molecule has 0 spiro atoms. The second kappa shape index (κ2) is 6.01. The number of benzene rings is 2. The molecule has 0 radical (unpaired) electrons. The lowest BCUT2D eigenvalue weighted by Crippen LogP contribution is -2.27. The van der Waals surface area contributed by atoms with Crippen LogP contribution >= 0.6 is 0 Å². The van der Waals surface area contributed by atoms with Crippen LogP contribution in [0, 0.1) is 11.8 Å². The first kappa shape index (κ1) is 14.2. The highest BCUT2D eigenvalue weighted by Crippen LogP contribution is 2.43. The maximum absolute atomic E-state index is 5.57. The molecule has 1 aliphatic carbocycles. The van der Waals surface area contributed by atoms with E-state index >= 15 is 0 Å². The van der Waals surface area contributed by atoms with E-state index in [1.54, 1.807) is 0 Å². The average molecular weight is 304 g/mol. The molecule has 2 aliphatic rings. The van der Waals surface area contributed by atoms with Crippen LogP contribution in [0.5, 0.6) is 11.5 Å². The minimum Gasteiger partial charge on any atom is -0.454 e. The molecule has 2 aromatic rings. The molecule has 1 aliphatic heterocycles. The van der Waals surface area contributed by atoms with Gasteiger partial charge in [-0.1, -0.05) is 55.4 Å². The Labute approximate surface area is 137 Å². The summed E-state index contributed by atoms with van der Waals surface area (Å²) in [4.78, 5) is 0. The third-order valence-corrected chi connectivity index (χ3v) is 4.85. The monoisotopic (exact) mass is 304 g/mol. The van der Waals surface area contributed by atoms with E-state index in [0.717, 1.165) is 29.9 Å². The van der Waals surface area contributed by atoms with Gasteiger partial charge in [-0.05, 0) is 42.7 Å². The number of rotatable bonds is 1. The molecule has 2 nitrogen and oxygen atoms in total. The molecule has 0 bridgehead atoms. The highest BCUT2D eigenvalue weighted by Gasteiger charge is 2.33. The summed E-state index contributed by atoms with van der Waals surface area (Å²) in [7, 11) is 0. The van der Waals surface area contributed by atoms with Crippen molar-refractivity contribution in [2.75, 3.05) is 6.79 Å². The Morgan fingerprint density at radius 2 is 1.61 bits per heavy atom. The second-order valence-electron chi connectivity index (χ2n) is 6.33. The van der Waals surface area contributed by atoms with Crippen LogP contribution in [-0.2, 0) is 5.41 Å². The zero-order valence-corrected chi connectivity index (χ0v) is 13.2. The fourth-order valence-corrected chi connectivity index (χ4v) is 3.55. The normalized spacial score (nSPS) is 18.1. The SMILES string of the molecule is C(#CC1(c2ccc3c(c2)OCO3)CCCCC1)c1ccccc1. The van der Waals surface area contributed by atoms with Gasteiger partial charge in [-0.25, -0.2) is 0 Å². The maximum atomic E-state index is 5.57. The van der Waals surface area contributed by atoms with Gasteiger partial charge in [0.25, 0.3) is 0 Å². The van der Waals surface area contributed by atoms with E-state index < -0.39 is 0 Å². The molecule has 1 saturated carbocycles. The summed E-state index contributed by atoms with van der Waals surface area (Å²) in [6.45, 7) is 0.321. The molecule has 0 saturated heterocycles. The number of ether oxygens (including phenoxy) is 2. The number of fused-ring (bicyclic) bond motifs is 1. The van der Waals surface area contributed by atoms with Gasteiger partial charge in [-0.15, -0.1) is 0 Å². The van der Waals surface area contributed by atoms with Gasteiger partial charge in [-0.2, -0.15) is 0 Å². The lowest BCUT2D eigenvalue weighted by atomic mass is 9.70. The third kappa shape index (κ3) is 2.80. The summed E-state index contributed by atoms with van der Waals surface area (Å²) < 4.78 is 11.0. The van der Waals surface area contributed by atoms with Crippen molar-refractivity contribution in [1.29, 1.82) is 0 Å². The summed E-state index contributed by atoms with van der Waals surface area (Å²) in [6.07, 6.45) is 6.01. The van der Waals surface area contributed by atoms with Gasteiger partial charge in [-0.3, -0.25) is 0 Å². The van der Waals surface area contributed by atoms with E-state index in [0.29, 0.717) is 6.79 Å². The predicted molar refractivity (Wildman–Crippen MR) is 90.6 cm³/mol. The highest BCUT2D eigenvalue weighted by atomic mass is 16.7. The van der Waals surface area contributed by atoms with Crippen LogP contribution < -0.4 is 9.47 Å². The predicted octanol–water partition coefficient (Wildman–Crippen LogP) is 4.67. The van der Waals surface area contributed by atoms with Gasteiger partial charge in [0.05, 0.1) is 5.41 Å². The quantitative estimate of drug-likeness (QED) is 0.713. The Kier molecular flexibility index (Phi) is 3.71. The second-order valence-corrected chi connectivity index (χ2v) is 6.33. The van der Waals surface area contributed by atoms with Crippen molar-refractivity contribution in [3.05, 3.63) is 59.7 Å². The van der Waals surface area contributed by atoms with Gasteiger partial charge in [0.1, 0.15) is 0 Å². The summed E-state index contributed by atoms with van der Waals surface area (Å²) in [5.41, 5.74) is 2.29. The Hall–Kier alpha value is -2.40. The minimum absolute atomic E-state index is 0.0604. The Balaban J connectivity index is 1.73. The minimum atomic E-state index is -0.0604. The molecule has 2 heteroatoms. The van der Waals surface area contributed by atoms with Crippen LogP contribution in [0.2, 0.25) is 0 Å². The van der Waals surface area contributed by atoms with Crippen molar-refractivity contribution in [3.8, 4) is 23.3 Å². The summed E-state index contributed by atoms with van der Waals surface area (Å²) in [6, 6.07) is 16.6. The maximum Gasteiger partial charge on any atom is 0.231 e. The van der Waals surface area contributed by atoms with Gasteiger partial charge >= 0.3 is 0 Å². The Morgan fingerprint density at radius 3 is 2.43 bits per heavy atom. The van der Waals surface area contributed by atoms with Gasteiger partial charge < -0.3 is 9.47 Å². The molecule has 116 valence electrons. The van der Waals surface area contributed by atoms with E-state index in [1.807, 2.05) is 24.3 Å².